The minimum Gasteiger partial charge on any atom is -0.381 e. The fourth-order valence-electron chi connectivity index (χ4n) is 4.74. The Kier molecular flexibility index (Phi) is 4.97. The average Bonchev–Trinajstić information content (AvgIpc) is 3.42. The molecule has 2 fully saturated rings. The van der Waals surface area contributed by atoms with Crippen molar-refractivity contribution in [2.24, 2.45) is 0 Å². The first-order valence-electron chi connectivity index (χ1n) is 12.3. The van der Waals surface area contributed by atoms with E-state index in [1.807, 2.05) is 44.4 Å². The van der Waals surface area contributed by atoms with Crippen LogP contribution in [0.1, 0.15) is 53.9 Å². The van der Waals surface area contributed by atoms with E-state index in [0.717, 1.165) is 56.5 Å². The number of nitrogens with zero attached hydrogens (tertiary/aromatic N) is 6. The third kappa shape index (κ3) is 3.61. The summed E-state index contributed by atoms with van der Waals surface area (Å²) in [4.78, 5) is 33.1. The number of pyridine rings is 2. The molecule has 0 amide bonds. The second kappa shape index (κ2) is 8.25. The SMILES string of the molecule is Cc1nc2c(=O)c(-c3cc4cnc([C@H]5CCOC5)cc4s3)nn(-c3ccc(C4CC4)nc3)c2nc1C. The van der Waals surface area contributed by atoms with Crippen LogP contribution >= 0.6 is 11.3 Å². The largest absolute Gasteiger partial charge is 0.381 e. The van der Waals surface area contributed by atoms with Gasteiger partial charge in [-0.3, -0.25) is 14.8 Å². The summed E-state index contributed by atoms with van der Waals surface area (Å²) in [5.74, 6) is 0.884. The molecule has 180 valence electrons. The lowest BCUT2D eigenvalue weighted by atomic mass is 10.0. The number of rotatable bonds is 4. The predicted octanol–water partition coefficient (Wildman–Crippen LogP) is 4.85. The zero-order valence-electron chi connectivity index (χ0n) is 20.1. The monoisotopic (exact) mass is 496 g/mol. The molecule has 0 N–H and O–H groups in total. The van der Waals surface area contributed by atoms with E-state index in [1.165, 1.54) is 12.8 Å². The lowest BCUT2D eigenvalue weighted by Crippen LogP contribution is -2.18. The van der Waals surface area contributed by atoms with E-state index in [2.05, 4.69) is 21.0 Å². The van der Waals surface area contributed by atoms with Crippen LogP contribution in [0.15, 0.2) is 41.5 Å². The summed E-state index contributed by atoms with van der Waals surface area (Å²) in [5.41, 5.74) is 5.29. The smallest absolute Gasteiger partial charge is 0.236 e. The highest BCUT2D eigenvalue weighted by atomic mass is 32.1. The molecule has 1 aliphatic heterocycles. The van der Waals surface area contributed by atoms with Crippen LogP contribution in [0.4, 0.5) is 0 Å². The van der Waals surface area contributed by atoms with Crippen molar-refractivity contribution in [2.45, 2.75) is 44.9 Å². The Bertz CT molecular complexity index is 1700. The van der Waals surface area contributed by atoms with Crippen molar-refractivity contribution in [3.8, 4) is 16.3 Å². The second-order valence-corrected chi connectivity index (χ2v) is 10.8. The number of ether oxygens (including phenoxy) is 1. The van der Waals surface area contributed by atoms with Gasteiger partial charge in [-0.2, -0.15) is 5.10 Å². The lowest BCUT2D eigenvalue weighted by Gasteiger charge is -2.12. The number of thiophene rings is 1. The van der Waals surface area contributed by atoms with Crippen LogP contribution in [0.5, 0.6) is 0 Å². The van der Waals surface area contributed by atoms with Crippen molar-refractivity contribution >= 4 is 32.6 Å². The van der Waals surface area contributed by atoms with Gasteiger partial charge in [-0.15, -0.1) is 11.3 Å². The summed E-state index contributed by atoms with van der Waals surface area (Å²) < 4.78 is 8.33. The van der Waals surface area contributed by atoms with Gasteiger partial charge in [0.25, 0.3) is 0 Å². The first-order chi connectivity index (χ1) is 17.5. The summed E-state index contributed by atoms with van der Waals surface area (Å²) in [6, 6.07) is 8.16. The molecule has 1 aliphatic carbocycles. The number of hydrogen-bond donors (Lipinski definition) is 0. The molecule has 9 heteroatoms. The number of fused-ring (bicyclic) bond motifs is 2. The molecule has 1 atom stereocenters. The molecule has 6 heterocycles. The van der Waals surface area contributed by atoms with Crippen LogP contribution in [-0.2, 0) is 4.74 Å². The predicted molar refractivity (Wildman–Crippen MR) is 139 cm³/mol. The molecular formula is C27H24N6O2S. The molecule has 8 nitrogen and oxygen atoms in total. The van der Waals surface area contributed by atoms with E-state index in [1.54, 1.807) is 16.0 Å². The molecule has 0 spiro atoms. The van der Waals surface area contributed by atoms with Gasteiger partial charge < -0.3 is 4.74 Å². The molecule has 0 aromatic carbocycles. The van der Waals surface area contributed by atoms with Gasteiger partial charge in [0.1, 0.15) is 0 Å². The highest BCUT2D eigenvalue weighted by Crippen LogP contribution is 2.39. The average molecular weight is 497 g/mol. The third-order valence-corrected chi connectivity index (χ3v) is 8.24. The zero-order chi connectivity index (χ0) is 24.4. The maximum absolute atomic E-state index is 13.7. The van der Waals surface area contributed by atoms with E-state index in [9.17, 15) is 4.79 Å². The van der Waals surface area contributed by atoms with Gasteiger partial charge in [0, 0.05) is 46.1 Å². The van der Waals surface area contributed by atoms with Crippen LogP contribution < -0.4 is 5.43 Å². The topological polar surface area (TPSA) is 95.7 Å². The Balaban J connectivity index is 1.41. The fourth-order valence-corrected chi connectivity index (χ4v) is 5.80. The molecule has 0 unspecified atom stereocenters. The molecule has 1 saturated carbocycles. The summed E-state index contributed by atoms with van der Waals surface area (Å²) in [6.07, 6.45) is 7.07. The van der Waals surface area contributed by atoms with E-state index in [0.29, 0.717) is 35.3 Å². The molecule has 5 aromatic rings. The first kappa shape index (κ1) is 21.7. The molecule has 7 rings (SSSR count). The van der Waals surface area contributed by atoms with Crippen molar-refractivity contribution in [2.75, 3.05) is 13.2 Å². The van der Waals surface area contributed by atoms with Crippen molar-refractivity contribution < 1.29 is 4.74 Å². The first-order valence-corrected chi connectivity index (χ1v) is 13.1. The van der Waals surface area contributed by atoms with Crippen molar-refractivity contribution in [3.63, 3.8) is 0 Å². The van der Waals surface area contributed by atoms with Crippen molar-refractivity contribution in [1.29, 1.82) is 0 Å². The highest BCUT2D eigenvalue weighted by molar-refractivity contribution is 7.22. The van der Waals surface area contributed by atoms with Gasteiger partial charge in [-0.1, -0.05) is 0 Å². The Morgan fingerprint density at radius 1 is 0.972 bits per heavy atom. The second-order valence-electron chi connectivity index (χ2n) is 9.69. The van der Waals surface area contributed by atoms with E-state index >= 15 is 0 Å². The van der Waals surface area contributed by atoms with Crippen LogP contribution in [0.25, 0.3) is 37.5 Å². The summed E-state index contributed by atoms with van der Waals surface area (Å²) in [6.45, 7) is 5.25. The normalized spacial score (nSPS) is 17.9. The molecule has 0 bridgehead atoms. The Morgan fingerprint density at radius 3 is 2.56 bits per heavy atom. The molecular weight excluding hydrogens is 472 g/mol. The third-order valence-electron chi connectivity index (χ3n) is 7.13. The van der Waals surface area contributed by atoms with E-state index in [-0.39, 0.29) is 5.43 Å². The van der Waals surface area contributed by atoms with Gasteiger partial charge in [-0.05, 0) is 57.4 Å². The molecule has 2 aliphatic rings. The minimum absolute atomic E-state index is 0.219. The van der Waals surface area contributed by atoms with Crippen LogP contribution in [0.3, 0.4) is 0 Å². The van der Waals surface area contributed by atoms with Crippen molar-refractivity contribution in [3.05, 3.63) is 69.7 Å². The van der Waals surface area contributed by atoms with Crippen LogP contribution in [0, 0.1) is 13.8 Å². The van der Waals surface area contributed by atoms with Crippen LogP contribution in [0.2, 0.25) is 0 Å². The van der Waals surface area contributed by atoms with Crippen molar-refractivity contribution in [1.82, 2.24) is 29.7 Å². The highest BCUT2D eigenvalue weighted by Gasteiger charge is 2.25. The Morgan fingerprint density at radius 2 is 1.81 bits per heavy atom. The van der Waals surface area contributed by atoms with Gasteiger partial charge >= 0.3 is 0 Å². The fraction of sp³-hybridized carbons (Fsp3) is 0.333. The maximum Gasteiger partial charge on any atom is 0.236 e. The molecule has 1 saturated heterocycles. The quantitative estimate of drug-likeness (QED) is 0.351. The maximum atomic E-state index is 13.7. The van der Waals surface area contributed by atoms with Gasteiger partial charge in [0.2, 0.25) is 5.43 Å². The van der Waals surface area contributed by atoms with Crippen LogP contribution in [-0.4, -0.2) is 42.9 Å². The van der Waals surface area contributed by atoms with E-state index in [4.69, 9.17) is 14.8 Å². The summed E-state index contributed by atoms with van der Waals surface area (Å²) >= 11 is 1.55. The zero-order valence-corrected chi connectivity index (χ0v) is 20.9. The summed E-state index contributed by atoms with van der Waals surface area (Å²) in [5, 5.41) is 5.82. The molecule has 5 aromatic heterocycles. The van der Waals surface area contributed by atoms with Gasteiger partial charge in [-0.25, -0.2) is 14.6 Å². The number of aryl methyl sites for hydroxylation is 2. The Labute approximate surface area is 211 Å². The molecule has 36 heavy (non-hydrogen) atoms. The Hall–Kier alpha value is -3.56. The molecule has 0 radical (unpaired) electrons. The lowest BCUT2D eigenvalue weighted by molar-refractivity contribution is 0.193. The number of aromatic nitrogens is 6. The van der Waals surface area contributed by atoms with Gasteiger partial charge in [0.15, 0.2) is 16.9 Å². The minimum atomic E-state index is -0.219. The van der Waals surface area contributed by atoms with E-state index < -0.39 is 0 Å². The summed E-state index contributed by atoms with van der Waals surface area (Å²) in [7, 11) is 0. The standard InChI is InChI=1S/C27H24N6O2S/c1-14-15(2)31-27-25(30-14)26(34)24(32-33(27)19-5-6-20(29-12-19)16-3-4-16)23-9-18-11-28-21(10-22(18)36-23)17-7-8-35-13-17/h5-6,9-12,16-17H,3-4,7-8,13H2,1-2H3/t17-/m0/s1. The van der Waals surface area contributed by atoms with Gasteiger partial charge in [0.05, 0.1) is 34.8 Å². The number of hydrogen-bond acceptors (Lipinski definition) is 8.